The fraction of sp³-hybridized carbons (Fsp3) is 0.500. The Labute approximate surface area is 271 Å². The van der Waals surface area contributed by atoms with Crippen molar-refractivity contribution in [2.75, 3.05) is 6.54 Å². The number of ketones is 1. The number of primary amides is 1. The van der Waals surface area contributed by atoms with Crippen LogP contribution in [0.15, 0.2) is 41.7 Å². The number of hydrogen-bond acceptors (Lipinski definition) is 10. The van der Waals surface area contributed by atoms with Gasteiger partial charge in [0, 0.05) is 24.5 Å². The summed E-state index contributed by atoms with van der Waals surface area (Å²) < 4.78 is 1.47. The number of rotatable bonds is 10. The Bertz CT molecular complexity index is 1720. The first-order chi connectivity index (χ1) is 22.3. The summed E-state index contributed by atoms with van der Waals surface area (Å²) in [4.78, 5) is 79.3. The summed E-state index contributed by atoms with van der Waals surface area (Å²) in [5.74, 6) is -4.38. The van der Waals surface area contributed by atoms with Crippen molar-refractivity contribution in [3.05, 3.63) is 48.2 Å². The van der Waals surface area contributed by atoms with Gasteiger partial charge in [-0.3, -0.25) is 24.0 Å². The molecule has 4 amide bonds. The van der Waals surface area contributed by atoms with Crippen LogP contribution >= 0.6 is 0 Å². The zero-order chi connectivity index (χ0) is 33.9. The molecule has 1 aromatic carbocycles. The Morgan fingerprint density at radius 1 is 1.11 bits per heavy atom. The molecule has 2 aromatic heterocycles. The van der Waals surface area contributed by atoms with Crippen molar-refractivity contribution in [2.45, 2.75) is 89.4 Å². The minimum Gasteiger partial charge on any atom is -0.384 e. The summed E-state index contributed by atoms with van der Waals surface area (Å²) in [5, 5.41) is 22.1. The molecule has 3 heterocycles. The number of aliphatic imine (C=N–C) groups is 1. The predicted octanol–water partition coefficient (Wildman–Crippen LogP) is 1.40. The molecule has 2 aliphatic rings. The Balaban J connectivity index is 1.50. The third kappa shape index (κ3) is 7.56. The van der Waals surface area contributed by atoms with Gasteiger partial charge in [-0.25, -0.2) is 19.6 Å². The molecule has 1 aliphatic carbocycles. The van der Waals surface area contributed by atoms with E-state index < -0.39 is 53.1 Å². The zero-order valence-corrected chi connectivity index (χ0v) is 26.6. The van der Waals surface area contributed by atoms with Crippen LogP contribution < -0.4 is 11.1 Å². The first-order valence-electron chi connectivity index (χ1n) is 15.7. The number of nitrogens with one attached hydrogen (secondary N) is 1. The average molecular weight is 646 g/mol. The number of hydrogen-bond donors (Lipinski definition) is 3. The van der Waals surface area contributed by atoms with Crippen molar-refractivity contribution in [2.24, 2.45) is 16.6 Å². The van der Waals surface area contributed by atoms with Gasteiger partial charge in [0.15, 0.2) is 0 Å². The molecule has 4 N–H and O–H groups in total. The van der Waals surface area contributed by atoms with Gasteiger partial charge in [0.1, 0.15) is 17.4 Å². The Morgan fingerprint density at radius 2 is 1.83 bits per heavy atom. The smallest absolute Gasteiger partial charge is 0.315 e. The monoisotopic (exact) mass is 645 g/mol. The van der Waals surface area contributed by atoms with Gasteiger partial charge in [-0.1, -0.05) is 55.5 Å². The molecule has 1 aliphatic heterocycles. The second-order valence-electron chi connectivity index (χ2n) is 12.8. The summed E-state index contributed by atoms with van der Waals surface area (Å²) in [7, 11) is 0. The fourth-order valence-electron chi connectivity index (χ4n) is 6.26. The number of fused-ring (bicyclic) bond motifs is 1. The summed E-state index contributed by atoms with van der Waals surface area (Å²) >= 11 is 0. The van der Waals surface area contributed by atoms with E-state index in [1.807, 2.05) is 12.1 Å². The van der Waals surface area contributed by atoms with E-state index in [2.05, 4.69) is 30.6 Å². The fourth-order valence-corrected chi connectivity index (χ4v) is 6.26. The normalized spacial score (nSPS) is 19.8. The largest absolute Gasteiger partial charge is 0.384 e. The number of benzene rings is 1. The van der Waals surface area contributed by atoms with Gasteiger partial charge in [0.2, 0.25) is 17.5 Å². The number of nitrogens with two attached hydrogens (primary N) is 1. The minimum absolute atomic E-state index is 0.0281. The SMILES string of the molecule is CC(NC(=O)[C@@H]1C[C@H](n2nncc2C(C)(C)O)CN1C(=O)C(CC1CCCCC1)=NC(=O)c1ncc2ccccc2n1)C(=O)C(N)=O. The van der Waals surface area contributed by atoms with Crippen LogP contribution in [0.2, 0.25) is 0 Å². The van der Waals surface area contributed by atoms with E-state index in [0.29, 0.717) is 11.2 Å². The molecule has 0 bridgehead atoms. The standard InChI is InChI=1S/C32H39N9O6/c1-18(26(42)27(33)43)36-29(44)24-14-21(41-25(16-35-39-41)32(2,3)47)17-40(24)31(46)23(13-19-9-5-4-6-10-19)38-30(45)28-34-15-20-11-7-8-12-22(20)37-28/h7-8,11-12,15-16,18-19,21,24,47H,4-6,9-10,13-14,17H2,1-3H3,(H2,33,43)(H,36,44)/t18?,21-,24-/m0/s1. The molecular formula is C32H39N9O6. The molecular weight excluding hydrogens is 606 g/mol. The van der Waals surface area contributed by atoms with E-state index in [-0.39, 0.29) is 36.8 Å². The third-order valence-electron chi connectivity index (χ3n) is 8.76. The molecule has 15 nitrogen and oxygen atoms in total. The molecule has 0 radical (unpaired) electrons. The first-order valence-corrected chi connectivity index (χ1v) is 15.7. The lowest BCUT2D eigenvalue weighted by Gasteiger charge is -2.27. The van der Waals surface area contributed by atoms with Gasteiger partial charge in [-0.15, -0.1) is 5.10 Å². The molecule has 2 fully saturated rings. The second kappa shape index (κ2) is 13.8. The molecule has 47 heavy (non-hydrogen) atoms. The van der Waals surface area contributed by atoms with Crippen LogP contribution in [0.4, 0.5) is 0 Å². The zero-order valence-electron chi connectivity index (χ0n) is 26.6. The maximum atomic E-state index is 14.4. The second-order valence-corrected chi connectivity index (χ2v) is 12.8. The van der Waals surface area contributed by atoms with Gasteiger partial charge in [-0.05, 0) is 39.2 Å². The van der Waals surface area contributed by atoms with E-state index in [1.54, 1.807) is 26.0 Å². The van der Waals surface area contributed by atoms with Crippen molar-refractivity contribution in [1.82, 2.24) is 35.2 Å². The van der Waals surface area contributed by atoms with E-state index in [9.17, 15) is 29.1 Å². The maximum Gasteiger partial charge on any atom is 0.315 e. The third-order valence-corrected chi connectivity index (χ3v) is 8.76. The lowest BCUT2D eigenvalue weighted by atomic mass is 9.85. The van der Waals surface area contributed by atoms with Crippen molar-refractivity contribution in [3.8, 4) is 0 Å². The van der Waals surface area contributed by atoms with Crippen LogP contribution in [0.25, 0.3) is 10.9 Å². The van der Waals surface area contributed by atoms with Crippen LogP contribution in [0.1, 0.15) is 88.1 Å². The number of amides is 4. The molecule has 1 saturated carbocycles. The quantitative estimate of drug-likeness (QED) is 0.213. The van der Waals surface area contributed by atoms with E-state index in [1.165, 1.54) is 28.9 Å². The maximum absolute atomic E-state index is 14.4. The Morgan fingerprint density at radius 3 is 2.53 bits per heavy atom. The van der Waals surface area contributed by atoms with Crippen LogP contribution in [-0.2, 0) is 24.8 Å². The van der Waals surface area contributed by atoms with E-state index >= 15 is 0 Å². The number of Topliss-reactive ketones (excluding diaryl/α,β-unsaturated/α-hetero) is 1. The lowest BCUT2D eigenvalue weighted by Crippen LogP contribution is -2.52. The molecule has 1 unspecified atom stereocenters. The number of carbonyl (C=O) groups excluding carboxylic acids is 5. The van der Waals surface area contributed by atoms with Gasteiger partial charge < -0.3 is 21.1 Å². The van der Waals surface area contributed by atoms with Crippen molar-refractivity contribution in [1.29, 1.82) is 0 Å². The number of aromatic nitrogens is 5. The molecule has 3 atom stereocenters. The van der Waals surface area contributed by atoms with Gasteiger partial charge in [0.25, 0.3) is 11.8 Å². The Kier molecular flexibility index (Phi) is 9.84. The molecule has 3 aromatic rings. The van der Waals surface area contributed by atoms with Crippen LogP contribution in [0.5, 0.6) is 0 Å². The molecule has 1 saturated heterocycles. The minimum atomic E-state index is -1.33. The number of likely N-dealkylation sites (tertiary alicyclic amines) is 1. The number of carbonyl (C=O) groups is 5. The average Bonchev–Trinajstić information content (AvgIpc) is 3.72. The highest BCUT2D eigenvalue weighted by Gasteiger charge is 2.44. The number of aliphatic hydroxyl groups is 1. The molecule has 5 rings (SSSR count). The van der Waals surface area contributed by atoms with Crippen molar-refractivity contribution >= 4 is 46.0 Å². The van der Waals surface area contributed by atoms with Crippen LogP contribution in [-0.4, -0.2) is 88.7 Å². The number of para-hydroxylation sites is 1. The van der Waals surface area contributed by atoms with Crippen LogP contribution in [0, 0.1) is 5.92 Å². The highest BCUT2D eigenvalue weighted by atomic mass is 16.3. The topological polar surface area (TPSA) is 216 Å². The van der Waals surface area contributed by atoms with E-state index in [0.717, 1.165) is 37.5 Å². The predicted molar refractivity (Wildman–Crippen MR) is 169 cm³/mol. The van der Waals surface area contributed by atoms with Crippen LogP contribution in [0.3, 0.4) is 0 Å². The summed E-state index contributed by atoms with van der Waals surface area (Å²) in [6.45, 7) is 4.42. The Hall–Kier alpha value is -4.92. The highest BCUT2D eigenvalue weighted by molar-refractivity contribution is 6.41. The van der Waals surface area contributed by atoms with Gasteiger partial charge >= 0.3 is 5.91 Å². The van der Waals surface area contributed by atoms with E-state index in [4.69, 9.17) is 5.73 Å². The first kappa shape index (κ1) is 33.4. The van der Waals surface area contributed by atoms with Crippen molar-refractivity contribution < 1.29 is 29.1 Å². The summed E-state index contributed by atoms with van der Waals surface area (Å²) in [5.41, 5.74) is 4.69. The van der Waals surface area contributed by atoms with Crippen molar-refractivity contribution in [3.63, 3.8) is 0 Å². The lowest BCUT2D eigenvalue weighted by molar-refractivity contribution is -0.139. The number of nitrogens with zero attached hydrogens (tertiary/aromatic N) is 7. The summed E-state index contributed by atoms with van der Waals surface area (Å²) in [6.07, 6.45) is 7.96. The molecule has 0 spiro atoms. The highest BCUT2D eigenvalue weighted by Crippen LogP contribution is 2.33. The summed E-state index contributed by atoms with van der Waals surface area (Å²) in [6, 6.07) is 4.20. The van der Waals surface area contributed by atoms with Gasteiger partial charge in [0.05, 0.1) is 29.5 Å². The molecule has 15 heteroatoms. The molecule has 248 valence electrons. The van der Waals surface area contributed by atoms with Gasteiger partial charge in [-0.2, -0.15) is 0 Å².